The van der Waals surface area contributed by atoms with E-state index < -0.39 is 0 Å². The van der Waals surface area contributed by atoms with E-state index in [9.17, 15) is 4.79 Å². The summed E-state index contributed by atoms with van der Waals surface area (Å²) < 4.78 is 7.97. The van der Waals surface area contributed by atoms with Gasteiger partial charge in [-0.25, -0.2) is 4.79 Å². The van der Waals surface area contributed by atoms with Crippen molar-refractivity contribution in [2.75, 3.05) is 0 Å². The number of hydrogen-bond acceptors (Lipinski definition) is 3. The van der Waals surface area contributed by atoms with Crippen molar-refractivity contribution in [3.8, 4) is 22.9 Å². The Morgan fingerprint density at radius 2 is 1.71 bits per heavy atom. The Morgan fingerprint density at radius 1 is 1.04 bits per heavy atom. The van der Waals surface area contributed by atoms with Crippen LogP contribution in [0.1, 0.15) is 41.7 Å². The summed E-state index contributed by atoms with van der Waals surface area (Å²) in [6.07, 6.45) is 2.59. The van der Waals surface area contributed by atoms with Gasteiger partial charge in [-0.05, 0) is 67.0 Å². The van der Waals surface area contributed by atoms with E-state index in [1.165, 1.54) is 16.7 Å². The van der Waals surface area contributed by atoms with E-state index in [2.05, 4.69) is 63.0 Å². The van der Waals surface area contributed by atoms with Crippen molar-refractivity contribution in [1.29, 1.82) is 0 Å². The molecule has 0 atom stereocenters. The number of benzene rings is 2. The molecular formula is C24H26N2O2. The van der Waals surface area contributed by atoms with Crippen molar-refractivity contribution in [2.45, 2.75) is 53.5 Å². The average molecular weight is 374 g/mol. The molecule has 0 saturated carbocycles. The molecule has 4 heteroatoms. The van der Waals surface area contributed by atoms with Crippen LogP contribution in [0.25, 0.3) is 11.3 Å². The summed E-state index contributed by atoms with van der Waals surface area (Å²) in [6, 6.07) is 12.5. The Balaban J connectivity index is 1.84. The second kappa shape index (κ2) is 7.27. The molecule has 1 aromatic heterocycles. The van der Waals surface area contributed by atoms with Crippen molar-refractivity contribution in [3.63, 3.8) is 0 Å². The predicted molar refractivity (Wildman–Crippen MR) is 112 cm³/mol. The number of fused-ring (bicyclic) bond motifs is 3. The van der Waals surface area contributed by atoms with Gasteiger partial charge in [-0.15, -0.1) is 0 Å². The molecule has 4 nitrogen and oxygen atoms in total. The summed E-state index contributed by atoms with van der Waals surface area (Å²) in [5, 5.41) is 0. The van der Waals surface area contributed by atoms with Gasteiger partial charge in [0.15, 0.2) is 0 Å². The molecule has 1 aliphatic rings. The number of rotatable bonds is 4. The minimum atomic E-state index is -0.247. The van der Waals surface area contributed by atoms with E-state index in [1.54, 1.807) is 4.57 Å². The zero-order valence-corrected chi connectivity index (χ0v) is 17.0. The molecule has 0 bridgehead atoms. The average Bonchev–Trinajstić information content (AvgIpc) is 2.69. The lowest BCUT2D eigenvalue weighted by molar-refractivity contribution is 0.444. The Labute approximate surface area is 165 Å². The quantitative estimate of drug-likeness (QED) is 0.645. The van der Waals surface area contributed by atoms with E-state index in [4.69, 9.17) is 4.74 Å². The Bertz CT molecular complexity index is 1090. The van der Waals surface area contributed by atoms with Gasteiger partial charge in [-0.3, -0.25) is 4.57 Å². The summed E-state index contributed by atoms with van der Waals surface area (Å²) in [5.74, 6) is 1.21. The molecule has 3 aromatic rings. The summed E-state index contributed by atoms with van der Waals surface area (Å²) in [5.41, 5.74) is 7.81. The second-order valence-electron chi connectivity index (χ2n) is 7.47. The summed E-state index contributed by atoms with van der Waals surface area (Å²) in [6.45, 7) is 9.11. The van der Waals surface area contributed by atoms with Crippen molar-refractivity contribution >= 4 is 0 Å². The number of para-hydroxylation sites is 1. The highest BCUT2D eigenvalue weighted by Gasteiger charge is 2.21. The van der Waals surface area contributed by atoms with Gasteiger partial charge in [0.05, 0.1) is 5.69 Å². The minimum Gasteiger partial charge on any atom is -0.438 e. The van der Waals surface area contributed by atoms with Crippen LogP contribution in [0.5, 0.6) is 11.6 Å². The third-order valence-electron chi connectivity index (χ3n) is 5.73. The highest BCUT2D eigenvalue weighted by molar-refractivity contribution is 5.68. The summed E-state index contributed by atoms with van der Waals surface area (Å²) in [7, 11) is 0. The van der Waals surface area contributed by atoms with Gasteiger partial charge in [0, 0.05) is 18.2 Å². The van der Waals surface area contributed by atoms with Gasteiger partial charge >= 0.3 is 5.69 Å². The molecule has 0 saturated heterocycles. The van der Waals surface area contributed by atoms with Crippen LogP contribution in [0.15, 0.2) is 41.2 Å². The van der Waals surface area contributed by atoms with Crippen LogP contribution in [0.4, 0.5) is 0 Å². The van der Waals surface area contributed by atoms with Crippen LogP contribution in [0, 0.1) is 13.8 Å². The molecule has 0 N–H and O–H groups in total. The van der Waals surface area contributed by atoms with Crippen molar-refractivity contribution < 1.29 is 4.74 Å². The molecule has 0 fully saturated rings. The molecule has 2 heterocycles. The van der Waals surface area contributed by atoms with Gasteiger partial charge in [0.2, 0.25) is 5.88 Å². The summed E-state index contributed by atoms with van der Waals surface area (Å²) >= 11 is 0. The topological polar surface area (TPSA) is 44.1 Å². The molecule has 0 spiro atoms. The minimum absolute atomic E-state index is 0.247. The fourth-order valence-electron chi connectivity index (χ4n) is 3.96. The molecule has 1 aliphatic heterocycles. The highest BCUT2D eigenvalue weighted by atomic mass is 16.5. The second-order valence-corrected chi connectivity index (χ2v) is 7.47. The normalized spacial score (nSPS) is 12.4. The largest absolute Gasteiger partial charge is 0.438 e. The standard InChI is InChI=1S/C24H26N2O2/c1-5-17-8-7-9-18(6-2)23(17)28-22-14-21-20-13-16(4)15(3)12-19(20)10-11-26(21)24(27)25-22/h7-9,12-14H,5-6,10-11H2,1-4H3. The van der Waals surface area contributed by atoms with Crippen LogP contribution < -0.4 is 10.4 Å². The fraction of sp³-hybridized carbons (Fsp3) is 0.333. The Kier molecular flexibility index (Phi) is 4.80. The maximum atomic E-state index is 12.7. The lowest BCUT2D eigenvalue weighted by Crippen LogP contribution is -2.28. The van der Waals surface area contributed by atoms with Gasteiger partial charge < -0.3 is 4.74 Å². The van der Waals surface area contributed by atoms with Gasteiger partial charge in [-0.2, -0.15) is 4.98 Å². The molecule has 0 radical (unpaired) electrons. The first kappa shape index (κ1) is 18.5. The van der Waals surface area contributed by atoms with E-state index >= 15 is 0 Å². The number of hydrogen-bond donors (Lipinski definition) is 0. The Morgan fingerprint density at radius 3 is 2.39 bits per heavy atom. The van der Waals surface area contributed by atoms with Crippen LogP contribution in [-0.4, -0.2) is 9.55 Å². The molecular weight excluding hydrogens is 348 g/mol. The van der Waals surface area contributed by atoms with Gasteiger partial charge in [0.1, 0.15) is 5.75 Å². The van der Waals surface area contributed by atoms with Crippen LogP contribution in [0.2, 0.25) is 0 Å². The third-order valence-corrected chi connectivity index (χ3v) is 5.73. The predicted octanol–water partition coefficient (Wildman–Crippen LogP) is 5.00. The molecule has 28 heavy (non-hydrogen) atoms. The van der Waals surface area contributed by atoms with E-state index in [-0.39, 0.29) is 5.69 Å². The molecule has 4 rings (SSSR count). The number of ether oxygens (including phenoxy) is 1. The van der Waals surface area contributed by atoms with Crippen LogP contribution in [0.3, 0.4) is 0 Å². The van der Waals surface area contributed by atoms with Crippen molar-refractivity contribution in [3.05, 3.63) is 74.7 Å². The monoisotopic (exact) mass is 374 g/mol. The maximum Gasteiger partial charge on any atom is 0.351 e. The molecule has 2 aromatic carbocycles. The first-order chi connectivity index (χ1) is 13.5. The van der Waals surface area contributed by atoms with Gasteiger partial charge in [-0.1, -0.05) is 38.1 Å². The number of aromatic nitrogens is 2. The highest BCUT2D eigenvalue weighted by Crippen LogP contribution is 2.34. The smallest absolute Gasteiger partial charge is 0.351 e. The van der Waals surface area contributed by atoms with Gasteiger partial charge in [0.25, 0.3) is 0 Å². The summed E-state index contributed by atoms with van der Waals surface area (Å²) in [4.78, 5) is 16.9. The zero-order chi connectivity index (χ0) is 19.8. The molecule has 0 amide bonds. The number of nitrogens with zero attached hydrogens (tertiary/aromatic N) is 2. The SMILES string of the molecule is CCc1cccc(CC)c1Oc1cc2n(c(=O)n1)CCc1cc(C)c(C)cc1-2. The third kappa shape index (κ3) is 3.13. The lowest BCUT2D eigenvalue weighted by Gasteiger charge is -2.23. The lowest BCUT2D eigenvalue weighted by atomic mass is 9.93. The van der Waals surface area contributed by atoms with Crippen molar-refractivity contribution in [1.82, 2.24) is 9.55 Å². The number of aryl methyl sites for hydroxylation is 5. The van der Waals surface area contributed by atoms with Crippen molar-refractivity contribution in [2.24, 2.45) is 0 Å². The van der Waals surface area contributed by atoms with E-state index in [1.807, 2.05) is 6.07 Å². The first-order valence-electron chi connectivity index (χ1n) is 10.0. The first-order valence-corrected chi connectivity index (χ1v) is 10.0. The molecule has 144 valence electrons. The van der Waals surface area contributed by atoms with E-state index in [0.717, 1.165) is 47.4 Å². The zero-order valence-electron chi connectivity index (χ0n) is 17.0. The molecule has 0 aliphatic carbocycles. The van der Waals surface area contributed by atoms with Crippen LogP contribution >= 0.6 is 0 Å². The molecule has 0 unspecified atom stereocenters. The maximum absolute atomic E-state index is 12.7. The van der Waals surface area contributed by atoms with Crippen LogP contribution in [-0.2, 0) is 25.8 Å². The fourth-order valence-corrected chi connectivity index (χ4v) is 3.96. The van der Waals surface area contributed by atoms with E-state index in [0.29, 0.717) is 12.4 Å². The Hall–Kier alpha value is -2.88.